The van der Waals surface area contributed by atoms with Crippen LogP contribution in [0.3, 0.4) is 0 Å². The number of rotatable bonds is 4. The van der Waals surface area contributed by atoms with Crippen LogP contribution in [-0.2, 0) is 6.42 Å². The molecule has 14 heavy (non-hydrogen) atoms. The Hall–Kier alpha value is -0.960. The van der Waals surface area contributed by atoms with E-state index in [4.69, 9.17) is 0 Å². The molecule has 2 atom stereocenters. The number of nitrogens with one attached hydrogen (secondary N) is 1. The maximum absolute atomic E-state index is 13.4. The van der Waals surface area contributed by atoms with Crippen molar-refractivity contribution in [3.63, 3.8) is 0 Å². The van der Waals surface area contributed by atoms with E-state index in [9.17, 15) is 8.78 Å². The highest BCUT2D eigenvalue weighted by Crippen LogP contribution is 2.12. The van der Waals surface area contributed by atoms with E-state index >= 15 is 0 Å². The Morgan fingerprint density at radius 1 is 1.36 bits per heavy atom. The molecule has 3 heteroatoms. The minimum Gasteiger partial charge on any atom is -0.314 e. The van der Waals surface area contributed by atoms with Gasteiger partial charge in [-0.3, -0.25) is 0 Å². The fraction of sp³-hybridized carbons (Fsp3) is 0.455. The van der Waals surface area contributed by atoms with Gasteiger partial charge in [0.2, 0.25) is 0 Å². The Labute approximate surface area is 83.1 Å². The molecule has 0 heterocycles. The second-order valence-corrected chi connectivity index (χ2v) is 3.39. The first-order valence-corrected chi connectivity index (χ1v) is 4.70. The van der Waals surface area contributed by atoms with Gasteiger partial charge in [-0.2, -0.15) is 0 Å². The van der Waals surface area contributed by atoms with E-state index < -0.39 is 6.17 Å². The van der Waals surface area contributed by atoms with Crippen LogP contribution in [0.5, 0.6) is 0 Å². The molecule has 0 amide bonds. The van der Waals surface area contributed by atoms with Crippen molar-refractivity contribution in [1.82, 2.24) is 5.32 Å². The summed E-state index contributed by atoms with van der Waals surface area (Å²) in [5, 5.41) is 2.81. The van der Waals surface area contributed by atoms with Crippen molar-refractivity contribution in [2.24, 2.45) is 0 Å². The SMILES string of the molecule is CNC(C)C(F)Cc1ccccc1F. The van der Waals surface area contributed by atoms with E-state index in [1.165, 1.54) is 6.07 Å². The van der Waals surface area contributed by atoms with Crippen LogP contribution in [0.4, 0.5) is 8.78 Å². The predicted octanol–water partition coefficient (Wildman–Crippen LogP) is 2.31. The van der Waals surface area contributed by atoms with Crippen LogP contribution >= 0.6 is 0 Å². The molecule has 0 bridgehead atoms. The fourth-order valence-electron chi connectivity index (χ4n) is 1.23. The Bertz CT molecular complexity index is 288. The number of halogens is 2. The summed E-state index contributed by atoms with van der Waals surface area (Å²) in [5.74, 6) is -0.335. The first-order chi connectivity index (χ1) is 6.65. The Morgan fingerprint density at radius 3 is 2.57 bits per heavy atom. The van der Waals surface area contributed by atoms with Crippen LogP contribution in [0.2, 0.25) is 0 Å². The number of benzene rings is 1. The van der Waals surface area contributed by atoms with Crippen molar-refractivity contribution in [3.05, 3.63) is 35.6 Å². The third-order valence-electron chi connectivity index (χ3n) is 2.37. The molecule has 0 fully saturated rings. The molecule has 78 valence electrons. The standard InChI is InChI=1S/C11H15F2N/c1-8(14-2)11(13)7-9-5-3-4-6-10(9)12/h3-6,8,11,14H,7H2,1-2H3. The van der Waals surface area contributed by atoms with E-state index in [1.54, 1.807) is 32.2 Å². The maximum Gasteiger partial charge on any atom is 0.126 e. The van der Waals surface area contributed by atoms with Crippen LogP contribution < -0.4 is 5.32 Å². The highest BCUT2D eigenvalue weighted by Gasteiger charge is 2.16. The molecule has 1 rings (SSSR count). The van der Waals surface area contributed by atoms with Crippen LogP contribution in [0, 0.1) is 5.82 Å². The van der Waals surface area contributed by atoms with Crippen molar-refractivity contribution in [2.45, 2.75) is 25.6 Å². The van der Waals surface area contributed by atoms with Crippen molar-refractivity contribution >= 4 is 0 Å². The topological polar surface area (TPSA) is 12.0 Å². The van der Waals surface area contributed by atoms with Gasteiger partial charge in [0.1, 0.15) is 12.0 Å². The third-order valence-corrected chi connectivity index (χ3v) is 2.37. The zero-order valence-corrected chi connectivity index (χ0v) is 8.43. The average Bonchev–Trinajstić information content (AvgIpc) is 2.20. The van der Waals surface area contributed by atoms with Gasteiger partial charge in [-0.15, -0.1) is 0 Å². The average molecular weight is 199 g/mol. The first-order valence-electron chi connectivity index (χ1n) is 4.70. The molecular weight excluding hydrogens is 184 g/mol. The van der Waals surface area contributed by atoms with Crippen molar-refractivity contribution in [3.8, 4) is 0 Å². The Morgan fingerprint density at radius 2 is 2.00 bits per heavy atom. The number of alkyl halides is 1. The summed E-state index contributed by atoms with van der Waals surface area (Å²) in [7, 11) is 1.69. The normalized spacial score (nSPS) is 15.1. The summed E-state index contributed by atoms with van der Waals surface area (Å²) < 4.78 is 26.6. The minimum absolute atomic E-state index is 0.120. The monoisotopic (exact) mass is 199 g/mol. The molecular formula is C11H15F2N. The Balaban J connectivity index is 2.64. The molecule has 2 unspecified atom stereocenters. The molecule has 0 aliphatic carbocycles. The van der Waals surface area contributed by atoms with E-state index in [-0.39, 0.29) is 18.3 Å². The largest absolute Gasteiger partial charge is 0.314 e. The van der Waals surface area contributed by atoms with Gasteiger partial charge >= 0.3 is 0 Å². The van der Waals surface area contributed by atoms with E-state index in [2.05, 4.69) is 5.32 Å². The molecule has 0 aliphatic rings. The van der Waals surface area contributed by atoms with Gasteiger partial charge in [-0.25, -0.2) is 8.78 Å². The highest BCUT2D eigenvalue weighted by molar-refractivity contribution is 5.18. The molecule has 0 aromatic heterocycles. The second kappa shape index (κ2) is 5.05. The van der Waals surface area contributed by atoms with E-state index in [0.29, 0.717) is 5.56 Å². The van der Waals surface area contributed by atoms with Crippen molar-refractivity contribution < 1.29 is 8.78 Å². The molecule has 0 spiro atoms. The van der Waals surface area contributed by atoms with E-state index in [1.807, 2.05) is 0 Å². The smallest absolute Gasteiger partial charge is 0.126 e. The number of hydrogen-bond acceptors (Lipinski definition) is 1. The summed E-state index contributed by atoms with van der Waals surface area (Å²) in [6, 6.07) is 6.04. The van der Waals surface area contributed by atoms with E-state index in [0.717, 1.165) is 0 Å². The van der Waals surface area contributed by atoms with Gasteiger partial charge in [0.15, 0.2) is 0 Å². The summed E-state index contributed by atoms with van der Waals surface area (Å²) >= 11 is 0. The van der Waals surface area contributed by atoms with Crippen molar-refractivity contribution in [1.29, 1.82) is 0 Å². The van der Waals surface area contributed by atoms with Gasteiger partial charge < -0.3 is 5.32 Å². The third kappa shape index (κ3) is 2.77. The van der Waals surface area contributed by atoms with Gasteiger partial charge in [-0.1, -0.05) is 18.2 Å². The lowest BCUT2D eigenvalue weighted by Crippen LogP contribution is -2.33. The highest BCUT2D eigenvalue weighted by atomic mass is 19.1. The zero-order valence-electron chi connectivity index (χ0n) is 8.43. The minimum atomic E-state index is -1.06. The second-order valence-electron chi connectivity index (χ2n) is 3.39. The molecule has 0 aliphatic heterocycles. The molecule has 1 aromatic carbocycles. The summed E-state index contributed by atoms with van der Waals surface area (Å²) in [4.78, 5) is 0. The molecule has 1 N–H and O–H groups in total. The van der Waals surface area contributed by atoms with Gasteiger partial charge in [0.05, 0.1) is 0 Å². The molecule has 0 saturated heterocycles. The van der Waals surface area contributed by atoms with Gasteiger partial charge in [0, 0.05) is 12.5 Å². The quantitative estimate of drug-likeness (QED) is 0.784. The zero-order chi connectivity index (χ0) is 10.6. The lowest BCUT2D eigenvalue weighted by molar-refractivity contribution is 0.265. The lowest BCUT2D eigenvalue weighted by Gasteiger charge is -2.15. The lowest BCUT2D eigenvalue weighted by atomic mass is 10.0. The summed E-state index contributed by atoms with van der Waals surface area (Å²) in [5.41, 5.74) is 0.433. The van der Waals surface area contributed by atoms with Gasteiger partial charge in [-0.05, 0) is 25.6 Å². The molecule has 0 radical (unpaired) electrons. The van der Waals surface area contributed by atoms with Crippen LogP contribution in [-0.4, -0.2) is 19.3 Å². The first kappa shape index (κ1) is 11.1. The maximum atomic E-state index is 13.4. The molecule has 1 aromatic rings. The number of hydrogen-bond donors (Lipinski definition) is 1. The summed E-state index contributed by atoms with van der Waals surface area (Å²) in [6.45, 7) is 1.74. The predicted molar refractivity (Wildman–Crippen MR) is 53.5 cm³/mol. The van der Waals surface area contributed by atoms with Crippen LogP contribution in [0.15, 0.2) is 24.3 Å². The van der Waals surface area contributed by atoms with Crippen LogP contribution in [0.1, 0.15) is 12.5 Å². The molecule has 0 saturated carbocycles. The Kier molecular flexibility index (Phi) is 4.01. The van der Waals surface area contributed by atoms with Crippen molar-refractivity contribution in [2.75, 3.05) is 7.05 Å². The van der Waals surface area contributed by atoms with Gasteiger partial charge in [0.25, 0.3) is 0 Å². The molecule has 1 nitrogen and oxygen atoms in total. The fourth-order valence-corrected chi connectivity index (χ4v) is 1.23. The summed E-state index contributed by atoms with van der Waals surface area (Å²) in [6.07, 6.45) is -0.939. The van der Waals surface area contributed by atoms with Crippen LogP contribution in [0.25, 0.3) is 0 Å².